The van der Waals surface area contributed by atoms with Crippen molar-refractivity contribution in [1.82, 2.24) is 19.9 Å². The first-order valence-electron chi connectivity index (χ1n) is 11.3. The Morgan fingerprint density at radius 1 is 1.15 bits per heavy atom. The van der Waals surface area contributed by atoms with Gasteiger partial charge in [0.2, 0.25) is 0 Å². The summed E-state index contributed by atoms with van der Waals surface area (Å²) in [5, 5.41) is 5.64. The number of halogens is 1. The molecular formula is C25H22FN7O. The molecule has 34 heavy (non-hydrogen) atoms. The first-order chi connectivity index (χ1) is 16.6. The number of aromatic nitrogens is 4. The Hall–Kier alpha value is -3.98. The minimum absolute atomic E-state index is 0.211. The van der Waals surface area contributed by atoms with E-state index in [4.69, 9.17) is 15.5 Å². The molecule has 0 bridgehead atoms. The molecule has 0 spiro atoms. The molecule has 3 aromatic heterocycles. The number of nitrogens with zero attached hydrogens (tertiary/aromatic N) is 4. The van der Waals surface area contributed by atoms with Gasteiger partial charge in [-0.15, -0.1) is 0 Å². The van der Waals surface area contributed by atoms with Crippen LogP contribution >= 0.6 is 0 Å². The molecular weight excluding hydrogens is 433 g/mol. The summed E-state index contributed by atoms with van der Waals surface area (Å²) in [5.74, 6) is 1.95. The van der Waals surface area contributed by atoms with Gasteiger partial charge < -0.3 is 25.7 Å². The van der Waals surface area contributed by atoms with Crippen LogP contribution in [0.25, 0.3) is 32.8 Å². The molecule has 8 nitrogen and oxygen atoms in total. The molecule has 170 valence electrons. The van der Waals surface area contributed by atoms with Crippen LogP contribution in [0.4, 0.5) is 15.9 Å². The summed E-state index contributed by atoms with van der Waals surface area (Å²) in [6.45, 7) is 1.67. The number of benzene rings is 2. The molecule has 5 aromatic rings. The van der Waals surface area contributed by atoms with E-state index in [1.54, 1.807) is 19.3 Å². The number of ether oxygens (including phenoxy) is 1. The number of para-hydroxylation sites is 1. The minimum Gasteiger partial charge on any atom is -0.423 e. The zero-order valence-electron chi connectivity index (χ0n) is 18.4. The van der Waals surface area contributed by atoms with Crippen molar-refractivity contribution in [3.63, 3.8) is 0 Å². The van der Waals surface area contributed by atoms with Crippen LogP contribution in [-0.4, -0.2) is 46.1 Å². The fourth-order valence-electron chi connectivity index (χ4n) is 5.28. The zero-order chi connectivity index (χ0) is 23.0. The highest BCUT2D eigenvalue weighted by Crippen LogP contribution is 2.47. The SMILES string of the molecule is CNc1c(F)ccc2c1[nH]c1nc(Oc3cnc4ccccc4c3)nc(N3CC4C(N)C4C3)c12. The average molecular weight is 455 g/mol. The summed E-state index contributed by atoms with van der Waals surface area (Å²) < 4.78 is 20.6. The highest BCUT2D eigenvalue weighted by atomic mass is 19.1. The smallest absolute Gasteiger partial charge is 0.326 e. The third-order valence-electron chi connectivity index (χ3n) is 7.12. The van der Waals surface area contributed by atoms with Crippen LogP contribution in [0.3, 0.4) is 0 Å². The molecule has 1 saturated heterocycles. The first kappa shape index (κ1) is 19.5. The van der Waals surface area contributed by atoms with Crippen LogP contribution in [0.15, 0.2) is 48.7 Å². The van der Waals surface area contributed by atoms with Gasteiger partial charge >= 0.3 is 6.01 Å². The lowest BCUT2D eigenvalue weighted by molar-refractivity contribution is 0.443. The maximum atomic E-state index is 14.5. The average Bonchev–Trinajstić information content (AvgIpc) is 3.19. The van der Waals surface area contributed by atoms with Gasteiger partial charge in [0, 0.05) is 37.0 Å². The number of hydrogen-bond acceptors (Lipinski definition) is 7. The lowest BCUT2D eigenvalue weighted by atomic mass is 10.1. The van der Waals surface area contributed by atoms with Gasteiger partial charge in [-0.3, -0.25) is 4.98 Å². The van der Waals surface area contributed by atoms with Gasteiger partial charge in [0.25, 0.3) is 0 Å². The number of nitrogens with one attached hydrogen (secondary N) is 2. The van der Waals surface area contributed by atoms with Crippen molar-refractivity contribution >= 4 is 44.3 Å². The molecule has 2 unspecified atom stereocenters. The number of aromatic amines is 1. The molecule has 2 fully saturated rings. The maximum absolute atomic E-state index is 14.5. The standard InChI is InChI=1S/C25H22FN7O/c1-28-22-17(26)7-6-14-19-23(30-21(14)22)31-25(32-24(19)33-10-15-16(11-33)20(15)27)34-13-8-12-4-2-3-5-18(12)29-9-13/h2-9,15-16,20,28H,10-11,27H2,1H3,(H,30,31,32). The molecule has 2 aromatic carbocycles. The van der Waals surface area contributed by atoms with E-state index < -0.39 is 0 Å². The lowest BCUT2D eigenvalue weighted by Gasteiger charge is -2.21. The Morgan fingerprint density at radius 3 is 2.79 bits per heavy atom. The van der Waals surface area contributed by atoms with Crippen molar-refractivity contribution in [2.45, 2.75) is 6.04 Å². The molecule has 1 aliphatic heterocycles. The second-order valence-corrected chi connectivity index (χ2v) is 9.05. The summed E-state index contributed by atoms with van der Waals surface area (Å²) in [6.07, 6.45) is 1.67. The highest BCUT2D eigenvalue weighted by molar-refractivity contribution is 6.14. The largest absolute Gasteiger partial charge is 0.423 e. The van der Waals surface area contributed by atoms with E-state index in [0.29, 0.717) is 34.4 Å². The molecule has 0 amide bonds. The predicted octanol–water partition coefficient (Wildman–Crippen LogP) is 4.03. The molecule has 2 atom stereocenters. The second kappa shape index (κ2) is 7.01. The Kier molecular flexibility index (Phi) is 4.02. The molecule has 1 aliphatic carbocycles. The minimum atomic E-state index is -0.330. The van der Waals surface area contributed by atoms with Crippen LogP contribution < -0.4 is 20.7 Å². The van der Waals surface area contributed by atoms with Crippen molar-refractivity contribution in [2.24, 2.45) is 17.6 Å². The number of nitrogens with two attached hydrogens (primary N) is 1. The number of piperidine rings is 1. The van der Waals surface area contributed by atoms with Crippen LogP contribution in [0.5, 0.6) is 11.8 Å². The van der Waals surface area contributed by atoms with Crippen LogP contribution in [0.2, 0.25) is 0 Å². The molecule has 7 rings (SSSR count). The fraction of sp³-hybridized carbons (Fsp3) is 0.240. The number of anilines is 2. The van der Waals surface area contributed by atoms with Crippen molar-refractivity contribution < 1.29 is 9.13 Å². The topological polar surface area (TPSA) is 105 Å². The van der Waals surface area contributed by atoms with Gasteiger partial charge in [0.05, 0.1) is 28.3 Å². The van der Waals surface area contributed by atoms with E-state index in [0.717, 1.165) is 40.6 Å². The third-order valence-corrected chi connectivity index (χ3v) is 7.12. The third kappa shape index (κ3) is 2.83. The summed E-state index contributed by atoms with van der Waals surface area (Å²) in [6, 6.07) is 13.5. The van der Waals surface area contributed by atoms with Crippen LogP contribution in [0.1, 0.15) is 0 Å². The lowest BCUT2D eigenvalue weighted by Crippen LogP contribution is -2.29. The Bertz CT molecular complexity index is 1590. The normalized spacial score (nSPS) is 21.4. The highest BCUT2D eigenvalue weighted by Gasteiger charge is 2.54. The summed E-state index contributed by atoms with van der Waals surface area (Å²) in [7, 11) is 1.70. The quantitative estimate of drug-likeness (QED) is 0.376. The van der Waals surface area contributed by atoms with Crippen LogP contribution in [0, 0.1) is 17.7 Å². The van der Waals surface area contributed by atoms with E-state index in [9.17, 15) is 4.39 Å². The summed E-state index contributed by atoms with van der Waals surface area (Å²) in [4.78, 5) is 19.5. The van der Waals surface area contributed by atoms with E-state index in [1.165, 1.54) is 6.07 Å². The van der Waals surface area contributed by atoms with Crippen molar-refractivity contribution in [2.75, 3.05) is 30.4 Å². The summed E-state index contributed by atoms with van der Waals surface area (Å²) in [5.41, 5.74) is 8.71. The molecule has 1 saturated carbocycles. The maximum Gasteiger partial charge on any atom is 0.326 e. The summed E-state index contributed by atoms with van der Waals surface area (Å²) >= 11 is 0. The van der Waals surface area contributed by atoms with Crippen LogP contribution in [-0.2, 0) is 0 Å². The molecule has 0 radical (unpaired) electrons. The molecule has 4 heterocycles. The van der Waals surface area contributed by atoms with Gasteiger partial charge in [0.1, 0.15) is 23.0 Å². The van der Waals surface area contributed by atoms with E-state index in [2.05, 4.69) is 25.2 Å². The van der Waals surface area contributed by atoms with Gasteiger partial charge in [0.15, 0.2) is 0 Å². The monoisotopic (exact) mass is 455 g/mol. The predicted molar refractivity (Wildman–Crippen MR) is 130 cm³/mol. The van der Waals surface area contributed by atoms with Gasteiger partial charge in [-0.2, -0.15) is 9.97 Å². The number of fused-ring (bicyclic) bond motifs is 5. The molecule has 9 heteroatoms. The van der Waals surface area contributed by atoms with E-state index in [-0.39, 0.29) is 17.9 Å². The van der Waals surface area contributed by atoms with Crippen molar-refractivity contribution in [1.29, 1.82) is 0 Å². The van der Waals surface area contributed by atoms with Gasteiger partial charge in [-0.1, -0.05) is 18.2 Å². The Balaban J connectivity index is 1.38. The van der Waals surface area contributed by atoms with Gasteiger partial charge in [-0.05, 0) is 36.1 Å². The Labute approximate surface area is 194 Å². The number of hydrogen-bond donors (Lipinski definition) is 3. The Morgan fingerprint density at radius 2 is 1.97 bits per heavy atom. The number of H-pyrrole nitrogens is 1. The second-order valence-electron chi connectivity index (χ2n) is 9.05. The number of rotatable bonds is 4. The molecule has 2 aliphatic rings. The van der Waals surface area contributed by atoms with Gasteiger partial charge in [-0.25, -0.2) is 4.39 Å². The van der Waals surface area contributed by atoms with E-state index >= 15 is 0 Å². The zero-order valence-corrected chi connectivity index (χ0v) is 18.4. The van der Waals surface area contributed by atoms with Crippen molar-refractivity contribution in [3.8, 4) is 11.8 Å². The van der Waals surface area contributed by atoms with E-state index in [1.807, 2.05) is 30.3 Å². The number of pyridine rings is 1. The van der Waals surface area contributed by atoms with Crippen molar-refractivity contribution in [3.05, 3.63) is 54.5 Å². The molecule has 4 N–H and O–H groups in total. The fourth-order valence-corrected chi connectivity index (χ4v) is 5.28. The first-order valence-corrected chi connectivity index (χ1v) is 11.3.